The predicted octanol–water partition coefficient (Wildman–Crippen LogP) is -0.874. The van der Waals surface area contributed by atoms with Crippen molar-refractivity contribution < 1.29 is 14.4 Å². The number of piperidine rings is 2. The normalized spacial score (nSPS) is 43.3. The molecule has 0 aromatic heterocycles. The minimum Gasteiger partial charge on any atom is -0.342 e. The Bertz CT molecular complexity index is 379. The molecule has 4 fully saturated rings. The van der Waals surface area contributed by atoms with E-state index < -0.39 is 0 Å². The van der Waals surface area contributed by atoms with Crippen LogP contribution in [0, 0.1) is 17.8 Å². The van der Waals surface area contributed by atoms with Crippen molar-refractivity contribution in [3.05, 3.63) is 0 Å². The molecule has 3 aliphatic heterocycles. The van der Waals surface area contributed by atoms with Crippen LogP contribution in [0.3, 0.4) is 0 Å². The van der Waals surface area contributed by atoms with Gasteiger partial charge in [-0.05, 0) is 12.8 Å². The van der Waals surface area contributed by atoms with Gasteiger partial charge in [0.2, 0.25) is 17.7 Å². The highest BCUT2D eigenvalue weighted by atomic mass is 16.2. The summed E-state index contributed by atoms with van der Waals surface area (Å²) in [6.45, 7) is 0. The van der Waals surface area contributed by atoms with Gasteiger partial charge in [-0.15, -0.1) is 0 Å². The zero-order chi connectivity index (χ0) is 10.7. The number of nitrogens with one attached hydrogen (secondary N) is 1. The highest BCUT2D eigenvalue weighted by molar-refractivity contribution is 6.08. The van der Waals surface area contributed by atoms with Crippen LogP contribution < -0.4 is 5.32 Å². The lowest BCUT2D eigenvalue weighted by Crippen LogP contribution is -2.60. The molecule has 4 atom stereocenters. The molecule has 1 saturated carbocycles. The molecule has 3 saturated heterocycles. The largest absolute Gasteiger partial charge is 0.342 e. The molecule has 5 heteroatoms. The van der Waals surface area contributed by atoms with Crippen LogP contribution in [0.1, 0.15) is 12.8 Å². The molecule has 0 aromatic rings. The summed E-state index contributed by atoms with van der Waals surface area (Å²) >= 11 is 0. The lowest BCUT2D eigenvalue weighted by Gasteiger charge is -2.47. The Morgan fingerprint density at radius 2 is 1.80 bits per heavy atom. The molecule has 80 valence electrons. The molecular formula is C10H12N2O3. The van der Waals surface area contributed by atoms with Gasteiger partial charge in [-0.2, -0.15) is 0 Å². The van der Waals surface area contributed by atoms with Crippen molar-refractivity contribution in [3.8, 4) is 0 Å². The fraction of sp³-hybridized carbons (Fsp3) is 0.700. The number of carbonyl (C=O) groups is 3. The molecule has 4 rings (SSSR count). The first-order valence-electron chi connectivity index (χ1n) is 5.22. The van der Waals surface area contributed by atoms with Crippen molar-refractivity contribution in [2.45, 2.75) is 18.9 Å². The highest BCUT2D eigenvalue weighted by Gasteiger charge is 2.59. The molecule has 15 heavy (non-hydrogen) atoms. The third-order valence-corrected chi connectivity index (χ3v) is 4.02. The monoisotopic (exact) mass is 208 g/mol. The van der Waals surface area contributed by atoms with Gasteiger partial charge in [-0.1, -0.05) is 0 Å². The maximum atomic E-state index is 11.8. The van der Waals surface area contributed by atoms with Crippen molar-refractivity contribution in [1.29, 1.82) is 0 Å². The van der Waals surface area contributed by atoms with E-state index in [1.54, 1.807) is 11.9 Å². The Morgan fingerprint density at radius 3 is 2.53 bits per heavy atom. The van der Waals surface area contributed by atoms with E-state index in [2.05, 4.69) is 5.32 Å². The summed E-state index contributed by atoms with van der Waals surface area (Å²) in [5, 5.41) is 2.34. The number of hydrogen-bond acceptors (Lipinski definition) is 3. The zero-order valence-corrected chi connectivity index (χ0v) is 8.40. The minimum atomic E-state index is -0.389. The van der Waals surface area contributed by atoms with E-state index in [4.69, 9.17) is 0 Å². The molecule has 1 aliphatic carbocycles. The Labute approximate surface area is 86.8 Å². The molecule has 3 amide bonds. The summed E-state index contributed by atoms with van der Waals surface area (Å²) in [4.78, 5) is 36.6. The minimum absolute atomic E-state index is 0.0253. The molecular weight excluding hydrogens is 196 g/mol. The predicted molar refractivity (Wildman–Crippen MR) is 49.4 cm³/mol. The molecule has 4 aliphatic rings. The van der Waals surface area contributed by atoms with Crippen molar-refractivity contribution in [2.75, 3.05) is 7.05 Å². The van der Waals surface area contributed by atoms with E-state index in [0.29, 0.717) is 0 Å². The fourth-order valence-corrected chi connectivity index (χ4v) is 3.31. The molecule has 5 nitrogen and oxygen atoms in total. The molecule has 0 spiro atoms. The Hall–Kier alpha value is -1.39. The number of amides is 3. The number of imide groups is 1. The van der Waals surface area contributed by atoms with Gasteiger partial charge in [0.25, 0.3) is 0 Å². The van der Waals surface area contributed by atoms with Crippen LogP contribution in [-0.4, -0.2) is 35.7 Å². The summed E-state index contributed by atoms with van der Waals surface area (Å²) in [7, 11) is 1.73. The van der Waals surface area contributed by atoms with E-state index in [-0.39, 0.29) is 41.5 Å². The van der Waals surface area contributed by atoms with Crippen LogP contribution in [0.15, 0.2) is 0 Å². The highest BCUT2D eigenvalue weighted by Crippen LogP contribution is 2.45. The fourth-order valence-electron chi connectivity index (χ4n) is 3.31. The van der Waals surface area contributed by atoms with E-state index in [9.17, 15) is 14.4 Å². The Morgan fingerprint density at radius 1 is 1.13 bits per heavy atom. The molecule has 0 aromatic carbocycles. The summed E-state index contributed by atoms with van der Waals surface area (Å²) in [5.41, 5.74) is 0. The van der Waals surface area contributed by atoms with Crippen LogP contribution in [0.4, 0.5) is 0 Å². The van der Waals surface area contributed by atoms with Gasteiger partial charge in [0.05, 0.1) is 17.8 Å². The molecule has 0 radical (unpaired) electrons. The van der Waals surface area contributed by atoms with Gasteiger partial charge < -0.3 is 4.90 Å². The van der Waals surface area contributed by atoms with E-state index >= 15 is 0 Å². The average Bonchev–Trinajstić information content (AvgIpc) is 2.51. The average molecular weight is 208 g/mol. The number of rotatable bonds is 0. The quantitative estimate of drug-likeness (QED) is 0.526. The first-order chi connectivity index (χ1) is 7.11. The number of carbonyl (C=O) groups excluding carboxylic acids is 3. The summed E-state index contributed by atoms with van der Waals surface area (Å²) in [5.74, 6) is -1.37. The van der Waals surface area contributed by atoms with Crippen molar-refractivity contribution >= 4 is 17.7 Å². The van der Waals surface area contributed by atoms with Gasteiger partial charge >= 0.3 is 0 Å². The van der Waals surface area contributed by atoms with Crippen molar-refractivity contribution in [3.63, 3.8) is 0 Å². The van der Waals surface area contributed by atoms with E-state index in [0.717, 1.165) is 12.8 Å². The number of hydrogen-bond donors (Lipinski definition) is 1. The zero-order valence-electron chi connectivity index (χ0n) is 8.40. The van der Waals surface area contributed by atoms with Gasteiger partial charge in [-0.3, -0.25) is 19.7 Å². The first-order valence-corrected chi connectivity index (χ1v) is 5.22. The molecule has 2 bridgehead atoms. The van der Waals surface area contributed by atoms with E-state index in [1.807, 2.05) is 0 Å². The summed E-state index contributed by atoms with van der Waals surface area (Å²) < 4.78 is 0. The SMILES string of the molecule is CN1C(=O)[C@@H]2CC[C@H]1[C@H]1C(=O)NC(=O)[C@@H]12. The molecule has 3 heterocycles. The van der Waals surface area contributed by atoms with Gasteiger partial charge in [-0.25, -0.2) is 0 Å². The van der Waals surface area contributed by atoms with Crippen LogP contribution >= 0.6 is 0 Å². The maximum absolute atomic E-state index is 11.8. The van der Waals surface area contributed by atoms with Gasteiger partial charge in [0, 0.05) is 13.1 Å². The van der Waals surface area contributed by atoms with Crippen LogP contribution in [-0.2, 0) is 14.4 Å². The lowest BCUT2D eigenvalue weighted by molar-refractivity contribution is -0.158. The lowest BCUT2D eigenvalue weighted by atomic mass is 9.66. The van der Waals surface area contributed by atoms with Crippen LogP contribution in [0.2, 0.25) is 0 Å². The van der Waals surface area contributed by atoms with E-state index in [1.165, 1.54) is 0 Å². The second-order valence-corrected chi connectivity index (χ2v) is 4.61. The van der Waals surface area contributed by atoms with Crippen molar-refractivity contribution in [1.82, 2.24) is 10.2 Å². The third-order valence-electron chi connectivity index (χ3n) is 4.02. The smallest absolute Gasteiger partial charge is 0.232 e. The van der Waals surface area contributed by atoms with Crippen LogP contribution in [0.5, 0.6) is 0 Å². The second-order valence-electron chi connectivity index (χ2n) is 4.61. The van der Waals surface area contributed by atoms with Crippen molar-refractivity contribution in [2.24, 2.45) is 17.8 Å². The first kappa shape index (κ1) is 8.88. The third kappa shape index (κ3) is 0.905. The molecule has 0 unspecified atom stereocenters. The Balaban J connectivity index is 2.07. The molecule has 1 N–H and O–H groups in total. The maximum Gasteiger partial charge on any atom is 0.232 e. The topological polar surface area (TPSA) is 66.5 Å². The standard InChI is InChI=1S/C10H12N2O3/c1-12-5-3-2-4(10(12)15)6-7(5)9(14)11-8(6)13/h4-7H,2-3H2,1H3,(H,11,13,14)/t4-,5+,6-,7-/m1/s1. The summed E-state index contributed by atoms with van der Waals surface area (Å²) in [6.07, 6.45) is 1.59. The number of nitrogens with zero attached hydrogens (tertiary/aromatic N) is 1. The number of fused-ring (bicyclic) bond motifs is 2. The Kier molecular flexibility index (Phi) is 1.53. The van der Waals surface area contributed by atoms with Gasteiger partial charge in [0.1, 0.15) is 0 Å². The van der Waals surface area contributed by atoms with Crippen LogP contribution in [0.25, 0.3) is 0 Å². The summed E-state index contributed by atoms with van der Waals surface area (Å²) in [6, 6.07) is -0.0704. The second kappa shape index (κ2) is 2.59. The van der Waals surface area contributed by atoms with Gasteiger partial charge in [0.15, 0.2) is 0 Å².